The Bertz CT molecular complexity index is 476. The molecular formula is C11H13N3O4. The zero-order valence-corrected chi connectivity index (χ0v) is 9.65. The summed E-state index contributed by atoms with van der Waals surface area (Å²) < 4.78 is 6.57. The fourth-order valence-electron chi connectivity index (χ4n) is 1.66. The first-order valence-corrected chi connectivity index (χ1v) is 5.41. The topological polar surface area (TPSA) is 84.7 Å². The molecule has 1 aliphatic rings. The molecule has 0 aromatic carbocycles. The van der Waals surface area contributed by atoms with Crippen molar-refractivity contribution in [1.29, 1.82) is 0 Å². The van der Waals surface area contributed by atoms with Gasteiger partial charge in [0.1, 0.15) is 6.61 Å². The first-order chi connectivity index (χ1) is 8.61. The van der Waals surface area contributed by atoms with Gasteiger partial charge in [0.2, 0.25) is 0 Å². The van der Waals surface area contributed by atoms with E-state index >= 15 is 0 Å². The van der Waals surface area contributed by atoms with E-state index in [0.717, 1.165) is 0 Å². The van der Waals surface area contributed by atoms with E-state index in [-0.39, 0.29) is 24.4 Å². The zero-order chi connectivity index (χ0) is 13.1. The van der Waals surface area contributed by atoms with Gasteiger partial charge in [0.05, 0.1) is 12.4 Å². The molecule has 1 N–H and O–H groups in total. The number of nitrogens with zero attached hydrogens (tertiary/aromatic N) is 3. The molecule has 0 unspecified atom stereocenters. The van der Waals surface area contributed by atoms with Crippen molar-refractivity contribution in [3.8, 4) is 0 Å². The van der Waals surface area contributed by atoms with Crippen molar-refractivity contribution >= 4 is 12.1 Å². The van der Waals surface area contributed by atoms with Crippen LogP contribution in [0.25, 0.3) is 0 Å². The van der Waals surface area contributed by atoms with Gasteiger partial charge in [-0.15, -0.1) is 0 Å². The predicted molar refractivity (Wildman–Crippen MR) is 61.3 cm³/mol. The number of aromatic carboxylic acids is 1. The summed E-state index contributed by atoms with van der Waals surface area (Å²) in [6, 6.07) is 0.0573. The average molecular weight is 251 g/mol. The lowest BCUT2D eigenvalue weighted by Crippen LogP contribution is -2.50. The molecule has 0 atom stereocenters. The monoisotopic (exact) mass is 251 g/mol. The van der Waals surface area contributed by atoms with E-state index in [1.54, 1.807) is 4.57 Å². The molecule has 2 heterocycles. The molecule has 7 heteroatoms. The molecule has 1 aromatic heterocycles. The van der Waals surface area contributed by atoms with Crippen LogP contribution in [-0.4, -0.2) is 51.3 Å². The highest BCUT2D eigenvalue weighted by Gasteiger charge is 2.33. The summed E-state index contributed by atoms with van der Waals surface area (Å²) in [6.07, 6.45) is 4.04. The van der Waals surface area contributed by atoms with Gasteiger partial charge in [-0.1, -0.05) is 12.7 Å². The minimum atomic E-state index is -1.06. The van der Waals surface area contributed by atoms with Crippen molar-refractivity contribution in [3.05, 3.63) is 30.9 Å². The Balaban J connectivity index is 1.86. The normalized spacial score (nSPS) is 15.0. The van der Waals surface area contributed by atoms with Crippen molar-refractivity contribution in [2.75, 3.05) is 19.7 Å². The molecule has 0 spiro atoms. The molecule has 18 heavy (non-hydrogen) atoms. The standard InChI is InChI=1S/C11H13N3O4/c1-2-3-18-11(17)13-4-8(5-13)14-6-9(10(15)16)12-7-14/h2,6-8H,1,3-5H2,(H,15,16). The maximum atomic E-state index is 11.4. The van der Waals surface area contributed by atoms with Gasteiger partial charge >= 0.3 is 12.1 Å². The second-order valence-corrected chi connectivity index (χ2v) is 3.94. The molecule has 1 saturated heterocycles. The first kappa shape index (κ1) is 12.2. The van der Waals surface area contributed by atoms with Gasteiger partial charge in [-0.2, -0.15) is 0 Å². The molecule has 96 valence electrons. The number of imidazole rings is 1. The molecular weight excluding hydrogens is 238 g/mol. The number of ether oxygens (including phenoxy) is 1. The fourth-order valence-corrected chi connectivity index (χ4v) is 1.66. The summed E-state index contributed by atoms with van der Waals surface area (Å²) in [5.74, 6) is -1.06. The van der Waals surface area contributed by atoms with Crippen LogP contribution in [0.4, 0.5) is 4.79 Å². The summed E-state index contributed by atoms with van der Waals surface area (Å²) >= 11 is 0. The third kappa shape index (κ3) is 2.34. The lowest BCUT2D eigenvalue weighted by atomic mass is 10.1. The Kier molecular flexibility index (Phi) is 3.31. The third-order valence-electron chi connectivity index (χ3n) is 2.69. The van der Waals surface area contributed by atoms with E-state index in [1.165, 1.54) is 23.5 Å². The van der Waals surface area contributed by atoms with Crippen molar-refractivity contribution in [1.82, 2.24) is 14.5 Å². The van der Waals surface area contributed by atoms with Crippen LogP contribution in [0.5, 0.6) is 0 Å². The van der Waals surface area contributed by atoms with Gasteiger partial charge in [-0.25, -0.2) is 14.6 Å². The van der Waals surface area contributed by atoms with Crippen molar-refractivity contribution < 1.29 is 19.4 Å². The molecule has 1 amide bonds. The van der Waals surface area contributed by atoms with Crippen LogP contribution < -0.4 is 0 Å². The second kappa shape index (κ2) is 4.91. The molecule has 2 rings (SSSR count). The van der Waals surface area contributed by atoms with Gasteiger partial charge in [0, 0.05) is 19.3 Å². The minimum Gasteiger partial charge on any atom is -0.476 e. The van der Waals surface area contributed by atoms with Crippen LogP contribution in [-0.2, 0) is 4.74 Å². The zero-order valence-electron chi connectivity index (χ0n) is 9.65. The lowest BCUT2D eigenvalue weighted by molar-refractivity contribution is 0.0630. The number of likely N-dealkylation sites (tertiary alicyclic amines) is 1. The highest BCUT2D eigenvalue weighted by Crippen LogP contribution is 2.22. The number of carboxylic acid groups (broad SMARTS) is 1. The highest BCUT2D eigenvalue weighted by atomic mass is 16.6. The van der Waals surface area contributed by atoms with Crippen LogP contribution in [0, 0.1) is 0 Å². The molecule has 0 aliphatic carbocycles. The lowest BCUT2D eigenvalue weighted by Gasteiger charge is -2.38. The average Bonchev–Trinajstić information content (AvgIpc) is 2.73. The van der Waals surface area contributed by atoms with E-state index in [4.69, 9.17) is 9.84 Å². The van der Waals surface area contributed by atoms with Crippen LogP contribution in [0.2, 0.25) is 0 Å². The molecule has 0 saturated carbocycles. The summed E-state index contributed by atoms with van der Waals surface area (Å²) in [5, 5.41) is 8.74. The quantitative estimate of drug-likeness (QED) is 0.798. The fraction of sp³-hybridized carbons (Fsp3) is 0.364. The summed E-state index contributed by atoms with van der Waals surface area (Å²) in [6.45, 7) is 4.63. The second-order valence-electron chi connectivity index (χ2n) is 3.94. The Labute approximate surface area is 103 Å². The Morgan fingerprint density at radius 2 is 2.33 bits per heavy atom. The molecule has 0 bridgehead atoms. The molecule has 1 aliphatic heterocycles. The molecule has 1 fully saturated rings. The number of carbonyl (C=O) groups excluding carboxylic acids is 1. The van der Waals surface area contributed by atoms with E-state index in [2.05, 4.69) is 11.6 Å². The maximum absolute atomic E-state index is 11.4. The smallest absolute Gasteiger partial charge is 0.410 e. The number of amides is 1. The number of hydrogen-bond donors (Lipinski definition) is 1. The van der Waals surface area contributed by atoms with Gasteiger partial charge in [-0.05, 0) is 0 Å². The van der Waals surface area contributed by atoms with Crippen LogP contribution >= 0.6 is 0 Å². The Hall–Kier alpha value is -2.31. The molecule has 1 aromatic rings. The van der Waals surface area contributed by atoms with Crippen molar-refractivity contribution in [2.45, 2.75) is 6.04 Å². The summed E-state index contributed by atoms with van der Waals surface area (Å²) in [4.78, 5) is 27.4. The van der Waals surface area contributed by atoms with E-state index in [0.29, 0.717) is 13.1 Å². The summed E-state index contributed by atoms with van der Waals surface area (Å²) in [7, 11) is 0. The minimum absolute atomic E-state index is 0.00249. The largest absolute Gasteiger partial charge is 0.476 e. The number of hydrogen-bond acceptors (Lipinski definition) is 4. The number of rotatable bonds is 4. The number of aromatic nitrogens is 2. The van der Waals surface area contributed by atoms with Crippen molar-refractivity contribution in [3.63, 3.8) is 0 Å². The van der Waals surface area contributed by atoms with Crippen LogP contribution in [0.1, 0.15) is 16.5 Å². The highest BCUT2D eigenvalue weighted by molar-refractivity contribution is 5.84. The van der Waals surface area contributed by atoms with E-state index in [1.807, 2.05) is 0 Å². The molecule has 7 nitrogen and oxygen atoms in total. The SMILES string of the molecule is C=CCOC(=O)N1CC(n2cnc(C(=O)O)c2)C1. The number of carbonyl (C=O) groups is 2. The van der Waals surface area contributed by atoms with E-state index in [9.17, 15) is 9.59 Å². The van der Waals surface area contributed by atoms with E-state index < -0.39 is 5.97 Å². The van der Waals surface area contributed by atoms with Gasteiger partial charge in [0.25, 0.3) is 0 Å². The Morgan fingerprint density at radius 1 is 1.61 bits per heavy atom. The molecule has 0 radical (unpaired) electrons. The van der Waals surface area contributed by atoms with Crippen LogP contribution in [0.3, 0.4) is 0 Å². The van der Waals surface area contributed by atoms with Gasteiger partial charge < -0.3 is 19.3 Å². The van der Waals surface area contributed by atoms with Crippen LogP contribution in [0.15, 0.2) is 25.2 Å². The van der Waals surface area contributed by atoms with Gasteiger partial charge in [0.15, 0.2) is 5.69 Å². The number of carboxylic acids is 1. The van der Waals surface area contributed by atoms with Crippen molar-refractivity contribution in [2.24, 2.45) is 0 Å². The van der Waals surface area contributed by atoms with Gasteiger partial charge in [-0.3, -0.25) is 0 Å². The third-order valence-corrected chi connectivity index (χ3v) is 2.69. The predicted octanol–water partition coefficient (Wildman–Crippen LogP) is 0.761. The summed E-state index contributed by atoms with van der Waals surface area (Å²) in [5.41, 5.74) is 0.00249. The Morgan fingerprint density at radius 3 is 2.89 bits per heavy atom. The first-order valence-electron chi connectivity index (χ1n) is 5.41. The maximum Gasteiger partial charge on any atom is 0.410 e.